The van der Waals surface area contributed by atoms with E-state index < -0.39 is 0 Å². The molecule has 8 nitrogen and oxygen atoms in total. The Morgan fingerprint density at radius 2 is 1.96 bits per heavy atom. The van der Waals surface area contributed by atoms with Crippen LogP contribution in [0.1, 0.15) is 10.4 Å². The number of carbonyl (C=O) groups excluding carboxylic acids is 1. The number of hydrogen-bond donors (Lipinski definition) is 0. The van der Waals surface area contributed by atoms with Crippen molar-refractivity contribution < 1.29 is 4.79 Å². The van der Waals surface area contributed by atoms with E-state index in [0.717, 1.165) is 11.0 Å². The third-order valence-corrected chi connectivity index (χ3v) is 4.06. The monoisotopic (exact) mass is 321 g/mol. The minimum atomic E-state index is -0.201. The van der Waals surface area contributed by atoms with Crippen LogP contribution >= 0.6 is 0 Å². The summed E-state index contributed by atoms with van der Waals surface area (Å²) in [6.07, 6.45) is 1.53. The number of aromatic nitrogens is 6. The van der Waals surface area contributed by atoms with Crippen LogP contribution in [0.4, 0.5) is 5.95 Å². The van der Waals surface area contributed by atoms with Crippen molar-refractivity contribution in [3.63, 3.8) is 0 Å². The minimum absolute atomic E-state index is 0.201. The Hall–Kier alpha value is -3.29. The van der Waals surface area contributed by atoms with Gasteiger partial charge < -0.3 is 4.57 Å². The molecule has 24 heavy (non-hydrogen) atoms. The van der Waals surface area contributed by atoms with Crippen LogP contribution in [-0.2, 0) is 14.1 Å². The molecule has 1 amide bonds. The van der Waals surface area contributed by atoms with Gasteiger partial charge in [0.05, 0.1) is 16.6 Å². The first-order valence-electron chi connectivity index (χ1n) is 7.41. The Balaban J connectivity index is 1.75. The zero-order valence-corrected chi connectivity index (χ0v) is 13.5. The van der Waals surface area contributed by atoms with Gasteiger partial charge in [-0.05, 0) is 18.2 Å². The molecule has 4 rings (SSSR count). The maximum absolute atomic E-state index is 12.8. The molecule has 0 fully saturated rings. The highest BCUT2D eigenvalue weighted by atomic mass is 16.2. The van der Waals surface area contributed by atoms with Gasteiger partial charge in [0.2, 0.25) is 5.95 Å². The first-order valence-corrected chi connectivity index (χ1v) is 7.41. The third kappa shape index (κ3) is 2.03. The predicted octanol–water partition coefficient (Wildman–Crippen LogP) is 1.53. The molecule has 0 radical (unpaired) electrons. The van der Waals surface area contributed by atoms with E-state index in [0.29, 0.717) is 22.7 Å². The molecule has 0 N–H and O–H groups in total. The predicted molar refractivity (Wildman–Crippen MR) is 89.8 cm³/mol. The van der Waals surface area contributed by atoms with E-state index in [1.54, 1.807) is 24.8 Å². The van der Waals surface area contributed by atoms with Crippen molar-refractivity contribution in [1.82, 2.24) is 29.5 Å². The molecule has 0 atom stereocenters. The first kappa shape index (κ1) is 14.3. The molecule has 8 heteroatoms. The summed E-state index contributed by atoms with van der Waals surface area (Å²) in [5.41, 5.74) is 3.48. The van der Waals surface area contributed by atoms with Gasteiger partial charge in [0.1, 0.15) is 5.52 Å². The number of hydrogen-bond acceptors (Lipinski definition) is 5. The summed E-state index contributed by atoms with van der Waals surface area (Å²) in [7, 11) is 5.35. The van der Waals surface area contributed by atoms with Crippen LogP contribution in [0.3, 0.4) is 0 Å². The molecule has 3 aromatic heterocycles. The largest absolute Gasteiger partial charge is 0.313 e. The molecule has 0 unspecified atom stereocenters. The number of fused-ring (bicyclic) bond motifs is 2. The van der Waals surface area contributed by atoms with E-state index in [1.165, 1.54) is 11.1 Å². The van der Waals surface area contributed by atoms with Crippen LogP contribution in [0.15, 0.2) is 36.5 Å². The molecular formula is C16H15N7O. The number of pyridine rings is 1. The maximum Gasteiger partial charge on any atom is 0.261 e. The summed E-state index contributed by atoms with van der Waals surface area (Å²) in [6, 6.07) is 9.45. The fourth-order valence-corrected chi connectivity index (χ4v) is 2.76. The summed E-state index contributed by atoms with van der Waals surface area (Å²) in [5.74, 6) is 0.369. The summed E-state index contributed by atoms with van der Waals surface area (Å²) >= 11 is 0. The normalized spacial score (nSPS) is 11.3. The summed E-state index contributed by atoms with van der Waals surface area (Å²) in [6.45, 7) is 0. The highest BCUT2D eigenvalue weighted by Gasteiger charge is 2.20. The zero-order valence-electron chi connectivity index (χ0n) is 13.5. The van der Waals surface area contributed by atoms with Gasteiger partial charge in [-0.1, -0.05) is 17.3 Å². The fraction of sp³-hybridized carbons (Fsp3) is 0.188. The second kappa shape index (κ2) is 5.12. The lowest BCUT2D eigenvalue weighted by Crippen LogP contribution is -2.28. The fourth-order valence-electron chi connectivity index (χ4n) is 2.76. The Morgan fingerprint density at radius 1 is 1.17 bits per heavy atom. The van der Waals surface area contributed by atoms with Gasteiger partial charge in [-0.3, -0.25) is 9.69 Å². The lowest BCUT2D eigenvalue weighted by atomic mass is 10.2. The van der Waals surface area contributed by atoms with Crippen LogP contribution in [0.5, 0.6) is 0 Å². The molecule has 0 aliphatic carbocycles. The Bertz CT molecular complexity index is 1080. The standard InChI is InChI=1S/C16H15N7O/c1-21-13-7-5-4-6-11(13)18-16(21)22(2)15(24)10-8-12-14(17-9-10)23(3)20-19-12/h4-9H,1-3H3. The van der Waals surface area contributed by atoms with Gasteiger partial charge in [-0.25, -0.2) is 14.6 Å². The SMILES string of the molecule is CN(C(=O)c1cnc2c(c1)nnn2C)c1nc2ccccc2n1C. The van der Waals surface area contributed by atoms with Crippen LogP contribution < -0.4 is 4.90 Å². The topological polar surface area (TPSA) is 81.7 Å². The van der Waals surface area contributed by atoms with E-state index in [9.17, 15) is 4.79 Å². The molecule has 120 valence electrons. The number of rotatable bonds is 2. The van der Waals surface area contributed by atoms with Crippen LogP contribution in [0, 0.1) is 0 Å². The number of aryl methyl sites for hydroxylation is 2. The van der Waals surface area contributed by atoms with E-state index in [1.807, 2.05) is 35.9 Å². The van der Waals surface area contributed by atoms with E-state index in [4.69, 9.17) is 0 Å². The van der Waals surface area contributed by atoms with E-state index in [-0.39, 0.29) is 5.91 Å². The molecule has 0 aliphatic heterocycles. The molecule has 0 bridgehead atoms. The van der Waals surface area contributed by atoms with Crippen molar-refractivity contribution in [2.75, 3.05) is 11.9 Å². The van der Waals surface area contributed by atoms with E-state index >= 15 is 0 Å². The maximum atomic E-state index is 12.8. The highest BCUT2D eigenvalue weighted by Crippen LogP contribution is 2.21. The van der Waals surface area contributed by atoms with E-state index in [2.05, 4.69) is 20.3 Å². The second-order valence-corrected chi connectivity index (χ2v) is 5.60. The van der Waals surface area contributed by atoms with Crippen molar-refractivity contribution >= 4 is 34.1 Å². The molecule has 0 spiro atoms. The molecule has 1 aromatic carbocycles. The lowest BCUT2D eigenvalue weighted by molar-refractivity contribution is 0.0991. The van der Waals surface area contributed by atoms with Crippen molar-refractivity contribution in [3.05, 3.63) is 42.1 Å². The molecular weight excluding hydrogens is 306 g/mol. The summed E-state index contributed by atoms with van der Waals surface area (Å²) in [4.78, 5) is 23.1. The summed E-state index contributed by atoms with van der Waals surface area (Å²) < 4.78 is 3.46. The minimum Gasteiger partial charge on any atom is -0.313 e. The van der Waals surface area contributed by atoms with Gasteiger partial charge in [0.25, 0.3) is 5.91 Å². The van der Waals surface area contributed by atoms with Gasteiger partial charge >= 0.3 is 0 Å². The van der Waals surface area contributed by atoms with Crippen molar-refractivity contribution in [1.29, 1.82) is 0 Å². The lowest BCUT2D eigenvalue weighted by Gasteiger charge is -2.16. The van der Waals surface area contributed by atoms with Gasteiger partial charge in [0.15, 0.2) is 5.65 Å². The van der Waals surface area contributed by atoms with Gasteiger partial charge in [-0.15, -0.1) is 5.10 Å². The summed E-state index contributed by atoms with van der Waals surface area (Å²) in [5, 5.41) is 7.91. The first-order chi connectivity index (χ1) is 11.6. The number of benzene rings is 1. The molecule has 3 heterocycles. The Kier molecular flexibility index (Phi) is 3.05. The second-order valence-electron chi connectivity index (χ2n) is 5.60. The van der Waals surface area contributed by atoms with Crippen LogP contribution in [0.25, 0.3) is 22.2 Å². The number of para-hydroxylation sites is 2. The molecule has 0 saturated heterocycles. The zero-order chi connectivity index (χ0) is 16.8. The Labute approximate surface area is 137 Å². The average Bonchev–Trinajstić information content (AvgIpc) is 3.14. The van der Waals surface area contributed by atoms with Crippen molar-refractivity contribution in [2.45, 2.75) is 0 Å². The molecule has 0 aliphatic rings. The molecule has 4 aromatic rings. The number of nitrogens with zero attached hydrogens (tertiary/aromatic N) is 7. The van der Waals surface area contributed by atoms with Gasteiger partial charge in [0, 0.05) is 27.3 Å². The van der Waals surface area contributed by atoms with Crippen molar-refractivity contribution in [3.8, 4) is 0 Å². The number of imidazole rings is 1. The number of carbonyl (C=O) groups is 1. The number of amides is 1. The Morgan fingerprint density at radius 3 is 2.75 bits per heavy atom. The third-order valence-electron chi connectivity index (χ3n) is 4.06. The average molecular weight is 321 g/mol. The quantitative estimate of drug-likeness (QED) is 0.559. The van der Waals surface area contributed by atoms with Gasteiger partial charge in [-0.2, -0.15) is 0 Å². The number of anilines is 1. The van der Waals surface area contributed by atoms with Crippen LogP contribution in [-0.4, -0.2) is 42.5 Å². The van der Waals surface area contributed by atoms with Crippen molar-refractivity contribution in [2.24, 2.45) is 14.1 Å². The van der Waals surface area contributed by atoms with Crippen LogP contribution in [0.2, 0.25) is 0 Å². The highest BCUT2D eigenvalue weighted by molar-refractivity contribution is 6.06. The smallest absolute Gasteiger partial charge is 0.261 e. The molecule has 0 saturated carbocycles.